The van der Waals surface area contributed by atoms with E-state index >= 15 is 0 Å². The number of hydrogen-bond donors (Lipinski definition) is 1. The standard InChI is InChI=1S/C17H24N4O/c1-12-9-18-16(13(2)17(12)22-3)11-21-8-4-5-14(10-21)15-6-7-19-20-15/h6-7,9,14H,4-5,8,10-11H2,1-3H3,(H,19,20)/t14-/m1/s1. The van der Waals surface area contributed by atoms with Crippen LogP contribution in [0, 0.1) is 13.8 Å². The number of methoxy groups -OCH3 is 1. The number of pyridine rings is 1. The Kier molecular flexibility index (Phi) is 4.43. The monoisotopic (exact) mass is 300 g/mol. The average Bonchev–Trinajstić information content (AvgIpc) is 3.05. The molecule has 22 heavy (non-hydrogen) atoms. The summed E-state index contributed by atoms with van der Waals surface area (Å²) >= 11 is 0. The molecule has 0 spiro atoms. The minimum atomic E-state index is 0.545. The van der Waals surface area contributed by atoms with Gasteiger partial charge in [-0.15, -0.1) is 0 Å². The van der Waals surface area contributed by atoms with Gasteiger partial charge in [0.2, 0.25) is 0 Å². The molecule has 3 rings (SSSR count). The highest BCUT2D eigenvalue weighted by atomic mass is 16.5. The first-order valence-electron chi connectivity index (χ1n) is 7.89. The second kappa shape index (κ2) is 6.48. The molecule has 0 bridgehead atoms. The molecule has 118 valence electrons. The van der Waals surface area contributed by atoms with E-state index in [1.54, 1.807) is 7.11 Å². The van der Waals surface area contributed by atoms with E-state index in [2.05, 4.69) is 33.1 Å². The highest BCUT2D eigenvalue weighted by Gasteiger charge is 2.23. The van der Waals surface area contributed by atoms with Gasteiger partial charge in [-0.3, -0.25) is 15.0 Å². The van der Waals surface area contributed by atoms with Crippen LogP contribution in [0.4, 0.5) is 0 Å². The highest BCUT2D eigenvalue weighted by Crippen LogP contribution is 2.28. The molecule has 1 atom stereocenters. The lowest BCUT2D eigenvalue weighted by Crippen LogP contribution is -2.34. The van der Waals surface area contributed by atoms with Gasteiger partial charge in [-0.05, 0) is 39.3 Å². The zero-order chi connectivity index (χ0) is 15.5. The topological polar surface area (TPSA) is 54.0 Å². The van der Waals surface area contributed by atoms with Crippen LogP contribution in [0.15, 0.2) is 18.5 Å². The molecule has 0 aromatic carbocycles. The molecule has 5 heteroatoms. The number of aryl methyl sites for hydroxylation is 1. The molecule has 0 saturated carbocycles. The predicted octanol–water partition coefficient (Wildman–Crippen LogP) is 2.81. The van der Waals surface area contributed by atoms with Gasteiger partial charge in [-0.1, -0.05) is 0 Å². The second-order valence-electron chi connectivity index (χ2n) is 6.13. The Balaban J connectivity index is 1.73. The van der Waals surface area contributed by atoms with Crippen molar-refractivity contribution in [2.75, 3.05) is 20.2 Å². The molecule has 2 aromatic rings. The normalized spacial score (nSPS) is 19.3. The Bertz CT molecular complexity index is 624. The number of rotatable bonds is 4. The van der Waals surface area contributed by atoms with Crippen LogP contribution in [-0.4, -0.2) is 40.3 Å². The van der Waals surface area contributed by atoms with Gasteiger partial charge in [0, 0.05) is 48.2 Å². The van der Waals surface area contributed by atoms with Crippen LogP contribution in [0.5, 0.6) is 5.75 Å². The van der Waals surface area contributed by atoms with E-state index in [0.717, 1.165) is 42.2 Å². The average molecular weight is 300 g/mol. The Morgan fingerprint density at radius 1 is 1.41 bits per heavy atom. The first-order valence-corrected chi connectivity index (χ1v) is 7.89. The van der Waals surface area contributed by atoms with E-state index < -0.39 is 0 Å². The molecule has 5 nitrogen and oxygen atoms in total. The minimum absolute atomic E-state index is 0.545. The third kappa shape index (κ3) is 2.99. The number of H-pyrrole nitrogens is 1. The van der Waals surface area contributed by atoms with Crippen molar-refractivity contribution in [3.8, 4) is 5.75 Å². The molecule has 0 radical (unpaired) electrons. The number of aromatic nitrogens is 3. The Morgan fingerprint density at radius 2 is 2.27 bits per heavy atom. The van der Waals surface area contributed by atoms with Gasteiger partial charge in [0.25, 0.3) is 0 Å². The van der Waals surface area contributed by atoms with E-state index in [9.17, 15) is 0 Å². The third-order valence-electron chi connectivity index (χ3n) is 4.59. The lowest BCUT2D eigenvalue weighted by molar-refractivity contribution is 0.196. The predicted molar refractivity (Wildman–Crippen MR) is 86.1 cm³/mol. The van der Waals surface area contributed by atoms with Crippen LogP contribution >= 0.6 is 0 Å². The lowest BCUT2D eigenvalue weighted by atomic mass is 9.94. The van der Waals surface area contributed by atoms with Gasteiger partial charge in [0.1, 0.15) is 5.75 Å². The van der Waals surface area contributed by atoms with Crippen molar-refractivity contribution in [3.05, 3.63) is 41.0 Å². The summed E-state index contributed by atoms with van der Waals surface area (Å²) in [6.45, 7) is 7.21. The van der Waals surface area contributed by atoms with Gasteiger partial charge in [0.05, 0.1) is 12.8 Å². The van der Waals surface area contributed by atoms with Crippen molar-refractivity contribution in [3.63, 3.8) is 0 Å². The largest absolute Gasteiger partial charge is 0.496 e. The molecule has 1 saturated heterocycles. The Labute approximate surface area is 131 Å². The van der Waals surface area contributed by atoms with E-state index in [4.69, 9.17) is 4.74 Å². The SMILES string of the molecule is COc1c(C)cnc(CN2CCC[C@@H](c3ccn[nH]3)C2)c1C. The van der Waals surface area contributed by atoms with Gasteiger partial charge < -0.3 is 4.74 Å². The van der Waals surface area contributed by atoms with Crippen LogP contribution in [0.3, 0.4) is 0 Å². The molecular formula is C17H24N4O. The molecular weight excluding hydrogens is 276 g/mol. The van der Waals surface area contributed by atoms with Crippen molar-refractivity contribution in [1.82, 2.24) is 20.1 Å². The summed E-state index contributed by atoms with van der Waals surface area (Å²) in [7, 11) is 1.73. The molecule has 0 unspecified atom stereocenters. The summed E-state index contributed by atoms with van der Waals surface area (Å²) in [6.07, 6.45) is 6.19. The molecule has 1 aliphatic heterocycles. The first kappa shape index (κ1) is 15.0. The number of aromatic amines is 1. The fraction of sp³-hybridized carbons (Fsp3) is 0.529. The minimum Gasteiger partial charge on any atom is -0.496 e. The number of nitrogens with zero attached hydrogens (tertiary/aromatic N) is 3. The molecule has 3 heterocycles. The fourth-order valence-corrected chi connectivity index (χ4v) is 3.39. The van der Waals surface area contributed by atoms with E-state index in [0.29, 0.717) is 5.92 Å². The van der Waals surface area contributed by atoms with Crippen LogP contribution in [0.25, 0.3) is 0 Å². The van der Waals surface area contributed by atoms with Crippen molar-refractivity contribution in [2.24, 2.45) is 0 Å². The Morgan fingerprint density at radius 3 is 3.00 bits per heavy atom. The van der Waals surface area contributed by atoms with Crippen LogP contribution < -0.4 is 4.74 Å². The van der Waals surface area contributed by atoms with E-state index in [1.165, 1.54) is 18.5 Å². The van der Waals surface area contributed by atoms with Gasteiger partial charge in [-0.25, -0.2) is 0 Å². The summed E-state index contributed by atoms with van der Waals surface area (Å²) in [4.78, 5) is 7.11. The van der Waals surface area contributed by atoms with Gasteiger partial charge in [0.15, 0.2) is 0 Å². The number of nitrogens with one attached hydrogen (secondary N) is 1. The van der Waals surface area contributed by atoms with E-state index in [1.807, 2.05) is 19.3 Å². The van der Waals surface area contributed by atoms with Crippen LogP contribution in [0.1, 0.15) is 41.3 Å². The van der Waals surface area contributed by atoms with Crippen molar-refractivity contribution >= 4 is 0 Å². The smallest absolute Gasteiger partial charge is 0.128 e. The molecule has 0 amide bonds. The second-order valence-corrected chi connectivity index (χ2v) is 6.13. The molecule has 1 N–H and O–H groups in total. The summed E-state index contributed by atoms with van der Waals surface area (Å²) in [6, 6.07) is 2.09. The Hall–Kier alpha value is -1.88. The molecule has 0 aliphatic carbocycles. The molecule has 2 aromatic heterocycles. The lowest BCUT2D eigenvalue weighted by Gasteiger charge is -2.32. The molecule has 1 fully saturated rings. The maximum Gasteiger partial charge on any atom is 0.128 e. The van der Waals surface area contributed by atoms with Gasteiger partial charge in [-0.2, -0.15) is 5.10 Å². The zero-order valence-electron chi connectivity index (χ0n) is 13.6. The van der Waals surface area contributed by atoms with Crippen molar-refractivity contribution in [1.29, 1.82) is 0 Å². The first-order chi connectivity index (χ1) is 10.7. The fourth-order valence-electron chi connectivity index (χ4n) is 3.39. The molecule has 1 aliphatic rings. The summed E-state index contributed by atoms with van der Waals surface area (Å²) in [5.74, 6) is 1.51. The summed E-state index contributed by atoms with van der Waals surface area (Å²) in [5, 5.41) is 7.20. The quantitative estimate of drug-likeness (QED) is 0.943. The van der Waals surface area contributed by atoms with Crippen LogP contribution in [0.2, 0.25) is 0 Å². The number of hydrogen-bond acceptors (Lipinski definition) is 4. The summed E-state index contributed by atoms with van der Waals surface area (Å²) < 4.78 is 5.51. The number of likely N-dealkylation sites (tertiary alicyclic amines) is 1. The van der Waals surface area contributed by atoms with Gasteiger partial charge >= 0.3 is 0 Å². The highest BCUT2D eigenvalue weighted by molar-refractivity contribution is 5.41. The zero-order valence-corrected chi connectivity index (χ0v) is 13.6. The van der Waals surface area contributed by atoms with Crippen molar-refractivity contribution < 1.29 is 4.74 Å². The van der Waals surface area contributed by atoms with Crippen molar-refractivity contribution in [2.45, 2.75) is 39.2 Å². The van der Waals surface area contributed by atoms with E-state index in [-0.39, 0.29) is 0 Å². The third-order valence-corrected chi connectivity index (χ3v) is 4.59. The maximum atomic E-state index is 5.51. The number of piperidine rings is 1. The summed E-state index contributed by atoms with van der Waals surface area (Å²) in [5.41, 5.74) is 4.62. The maximum absolute atomic E-state index is 5.51. The van der Waals surface area contributed by atoms with Crippen LogP contribution in [-0.2, 0) is 6.54 Å². The number of ether oxygens (including phenoxy) is 1.